The largest absolute Gasteiger partial charge is 0.493 e. The lowest BCUT2D eigenvalue weighted by Crippen LogP contribution is -2.26. The summed E-state index contributed by atoms with van der Waals surface area (Å²) in [6.07, 6.45) is 8.07. The molecule has 1 amide bonds. The molecule has 1 atom stereocenters. The van der Waals surface area contributed by atoms with Crippen molar-refractivity contribution in [3.63, 3.8) is 0 Å². The van der Waals surface area contributed by atoms with E-state index in [1.54, 1.807) is 39.4 Å². The fourth-order valence-corrected chi connectivity index (χ4v) is 3.48. The second-order valence-electron chi connectivity index (χ2n) is 7.97. The van der Waals surface area contributed by atoms with Gasteiger partial charge < -0.3 is 14.8 Å². The molecule has 0 saturated heterocycles. The molecule has 0 heterocycles. The van der Waals surface area contributed by atoms with Crippen LogP contribution in [0.5, 0.6) is 11.5 Å². The first-order chi connectivity index (χ1) is 14.7. The van der Waals surface area contributed by atoms with E-state index < -0.39 is 0 Å². The van der Waals surface area contributed by atoms with Gasteiger partial charge in [0, 0.05) is 18.6 Å². The van der Waals surface area contributed by atoms with Crippen molar-refractivity contribution in [1.82, 2.24) is 5.32 Å². The van der Waals surface area contributed by atoms with Crippen LogP contribution in [0.4, 0.5) is 10.1 Å². The van der Waals surface area contributed by atoms with Crippen molar-refractivity contribution in [3.8, 4) is 11.5 Å². The molecule has 1 aliphatic carbocycles. The minimum absolute atomic E-state index is 0.0518. The van der Waals surface area contributed by atoms with E-state index in [4.69, 9.17) is 9.47 Å². The molecule has 31 heavy (non-hydrogen) atoms. The maximum Gasteiger partial charge on any atom is 0.249 e. The molecule has 0 aromatic heterocycles. The van der Waals surface area contributed by atoms with Crippen LogP contribution in [0, 0.1) is 12.8 Å². The molecule has 1 aromatic rings. The third-order valence-electron chi connectivity index (χ3n) is 5.41. The van der Waals surface area contributed by atoms with Crippen LogP contribution < -0.4 is 14.8 Å². The Morgan fingerprint density at radius 1 is 1.19 bits per heavy atom. The molecular weight excluding hydrogens is 395 g/mol. The van der Waals surface area contributed by atoms with Gasteiger partial charge in [-0.15, -0.1) is 0 Å². The number of carbonyl (C=O) groups excluding carboxylic acids is 1. The van der Waals surface area contributed by atoms with E-state index in [2.05, 4.69) is 17.2 Å². The highest BCUT2D eigenvalue weighted by Gasteiger charge is 2.13. The number of methoxy groups -OCH3 is 2. The second-order valence-corrected chi connectivity index (χ2v) is 7.97. The molecule has 0 saturated carbocycles. The molecule has 0 spiro atoms. The maximum absolute atomic E-state index is 13.2. The number of allylic oxidation sites excluding steroid dienone is 5. The zero-order valence-corrected chi connectivity index (χ0v) is 19.3. The van der Waals surface area contributed by atoms with E-state index in [0.29, 0.717) is 35.4 Å². The normalized spacial score (nSPS) is 15.7. The molecule has 1 N–H and O–H groups in total. The van der Waals surface area contributed by atoms with Gasteiger partial charge in [-0.25, -0.2) is 9.38 Å². The summed E-state index contributed by atoms with van der Waals surface area (Å²) >= 11 is 0. The number of hydrogen-bond acceptors (Lipinski definition) is 4. The Labute approximate surface area is 184 Å². The van der Waals surface area contributed by atoms with E-state index >= 15 is 0 Å². The van der Waals surface area contributed by atoms with Gasteiger partial charge in [0.05, 0.1) is 19.9 Å². The molecule has 1 unspecified atom stereocenters. The average molecular weight is 429 g/mol. The Balaban J connectivity index is 1.95. The van der Waals surface area contributed by atoms with E-state index in [0.717, 1.165) is 30.4 Å². The predicted molar refractivity (Wildman–Crippen MR) is 124 cm³/mol. The predicted octanol–water partition coefficient (Wildman–Crippen LogP) is 6.11. The number of nitrogens with one attached hydrogen (secondary N) is 1. The summed E-state index contributed by atoms with van der Waals surface area (Å²) in [5.41, 5.74) is 3.89. The summed E-state index contributed by atoms with van der Waals surface area (Å²) in [4.78, 5) is 16.9. The summed E-state index contributed by atoms with van der Waals surface area (Å²) in [6, 6.07) is 3.64. The van der Waals surface area contributed by atoms with Gasteiger partial charge in [0.25, 0.3) is 0 Å². The number of hydrogen-bond donors (Lipinski definition) is 1. The lowest BCUT2D eigenvalue weighted by Gasteiger charge is -2.18. The molecule has 0 radical (unpaired) electrons. The SMILES string of the molecule is COc1cc(C)c(N=C(C)NC(=O)/C=C(\C)CCC(C)C2=CC=C(F)CC2)cc1OC. The summed E-state index contributed by atoms with van der Waals surface area (Å²) in [5, 5.41) is 2.81. The van der Waals surface area contributed by atoms with Gasteiger partial charge in [0.2, 0.25) is 5.91 Å². The smallest absolute Gasteiger partial charge is 0.249 e. The van der Waals surface area contributed by atoms with Gasteiger partial charge in [-0.05, 0) is 63.7 Å². The minimum Gasteiger partial charge on any atom is -0.493 e. The number of aliphatic imine (C=N–C) groups is 1. The Morgan fingerprint density at radius 2 is 1.87 bits per heavy atom. The van der Waals surface area contributed by atoms with Gasteiger partial charge >= 0.3 is 0 Å². The topological polar surface area (TPSA) is 59.9 Å². The standard InChI is InChI=1S/C25H33FN2O3/c1-16(7-8-17(2)20-9-11-21(26)12-10-20)13-25(29)28-19(4)27-22-15-24(31-6)23(30-5)14-18(22)3/h9,11,13-15,17H,7-8,10,12H2,1-6H3,(H,27,28,29)/b16-13+. The number of amidine groups is 1. The third-order valence-corrected chi connectivity index (χ3v) is 5.41. The molecular formula is C25H33FN2O3. The first kappa shape index (κ1) is 24.4. The number of carbonyl (C=O) groups is 1. The van der Waals surface area contributed by atoms with E-state index in [9.17, 15) is 9.18 Å². The molecule has 1 aliphatic rings. The molecule has 0 bridgehead atoms. The molecule has 0 aliphatic heterocycles. The Kier molecular flexibility index (Phi) is 9.03. The van der Waals surface area contributed by atoms with Gasteiger partial charge in [-0.1, -0.05) is 24.1 Å². The third kappa shape index (κ3) is 7.39. The molecule has 0 fully saturated rings. The Morgan fingerprint density at radius 3 is 2.48 bits per heavy atom. The van der Waals surface area contributed by atoms with Crippen molar-refractivity contribution in [1.29, 1.82) is 0 Å². The number of halogens is 1. The van der Waals surface area contributed by atoms with Crippen LogP contribution in [0.15, 0.2) is 52.3 Å². The number of rotatable bonds is 8. The molecule has 168 valence electrons. The lowest BCUT2D eigenvalue weighted by atomic mass is 9.88. The molecule has 6 heteroatoms. The van der Waals surface area contributed by atoms with E-state index in [1.165, 1.54) is 5.57 Å². The van der Waals surface area contributed by atoms with Crippen LogP contribution in [0.1, 0.15) is 52.0 Å². The van der Waals surface area contributed by atoms with E-state index in [-0.39, 0.29) is 11.7 Å². The van der Waals surface area contributed by atoms with Gasteiger partial charge in [0.15, 0.2) is 11.5 Å². The number of ether oxygens (including phenoxy) is 2. The number of aryl methyl sites for hydroxylation is 1. The van der Waals surface area contributed by atoms with Crippen molar-refractivity contribution in [2.24, 2.45) is 10.9 Å². The van der Waals surface area contributed by atoms with Crippen molar-refractivity contribution >= 4 is 17.4 Å². The van der Waals surface area contributed by atoms with Crippen LogP contribution in [0.25, 0.3) is 0 Å². The van der Waals surface area contributed by atoms with Crippen molar-refractivity contribution in [2.45, 2.75) is 53.4 Å². The van der Waals surface area contributed by atoms with Crippen molar-refractivity contribution < 1.29 is 18.7 Å². The lowest BCUT2D eigenvalue weighted by molar-refractivity contribution is -0.115. The Hall–Kier alpha value is -2.89. The first-order valence-electron chi connectivity index (χ1n) is 10.5. The monoisotopic (exact) mass is 428 g/mol. The maximum atomic E-state index is 13.2. The minimum atomic E-state index is -0.202. The van der Waals surface area contributed by atoms with Gasteiger partial charge in [-0.3, -0.25) is 4.79 Å². The fraction of sp³-hybridized carbons (Fsp3) is 0.440. The Bertz CT molecular complexity index is 929. The molecule has 1 aromatic carbocycles. The summed E-state index contributed by atoms with van der Waals surface area (Å²) in [7, 11) is 3.16. The number of nitrogens with zero attached hydrogens (tertiary/aromatic N) is 1. The van der Waals surface area contributed by atoms with Crippen LogP contribution in [0.2, 0.25) is 0 Å². The highest BCUT2D eigenvalue weighted by atomic mass is 19.1. The average Bonchev–Trinajstić information content (AvgIpc) is 2.73. The van der Waals surface area contributed by atoms with Crippen molar-refractivity contribution in [2.75, 3.05) is 14.2 Å². The summed E-state index contributed by atoms with van der Waals surface area (Å²) in [5.74, 6) is 1.84. The summed E-state index contributed by atoms with van der Waals surface area (Å²) in [6.45, 7) is 7.78. The second kappa shape index (κ2) is 11.5. The first-order valence-corrected chi connectivity index (χ1v) is 10.5. The zero-order chi connectivity index (χ0) is 23.0. The van der Waals surface area contributed by atoms with E-state index in [1.807, 2.05) is 26.0 Å². The van der Waals surface area contributed by atoms with Crippen LogP contribution in [-0.2, 0) is 4.79 Å². The van der Waals surface area contributed by atoms with Crippen LogP contribution in [-0.4, -0.2) is 26.0 Å². The quantitative estimate of drug-likeness (QED) is 0.308. The molecule has 5 nitrogen and oxygen atoms in total. The van der Waals surface area contributed by atoms with Crippen LogP contribution in [0.3, 0.4) is 0 Å². The zero-order valence-electron chi connectivity index (χ0n) is 19.3. The fourth-order valence-electron chi connectivity index (χ4n) is 3.48. The van der Waals surface area contributed by atoms with Gasteiger partial charge in [-0.2, -0.15) is 0 Å². The van der Waals surface area contributed by atoms with Crippen LogP contribution >= 0.6 is 0 Å². The number of benzene rings is 1. The number of amides is 1. The van der Waals surface area contributed by atoms with Crippen molar-refractivity contribution in [3.05, 3.63) is 52.9 Å². The van der Waals surface area contributed by atoms with Gasteiger partial charge in [0.1, 0.15) is 11.7 Å². The highest BCUT2D eigenvalue weighted by Crippen LogP contribution is 2.34. The molecule has 2 rings (SSSR count). The highest BCUT2D eigenvalue weighted by molar-refractivity contribution is 6.03. The summed E-state index contributed by atoms with van der Waals surface area (Å²) < 4.78 is 23.8.